The lowest BCUT2D eigenvalue weighted by Crippen LogP contribution is -2.03. The lowest BCUT2D eigenvalue weighted by Gasteiger charge is -1.97. The minimum absolute atomic E-state index is 0.0262. The Morgan fingerprint density at radius 2 is 2.36 bits per heavy atom. The maximum atomic E-state index is 11.5. The molecule has 3 heteroatoms. The van der Waals surface area contributed by atoms with Crippen molar-refractivity contribution in [2.75, 3.05) is 0 Å². The van der Waals surface area contributed by atoms with Crippen LogP contribution in [0, 0.1) is 18.8 Å². The number of ketones is 1. The molecule has 1 aromatic rings. The molecule has 0 radical (unpaired) electrons. The highest BCUT2D eigenvalue weighted by Crippen LogP contribution is 2.01. The lowest BCUT2D eigenvalue weighted by atomic mass is 10.1. The van der Waals surface area contributed by atoms with E-state index < -0.39 is 0 Å². The number of carbonyl (C=O) groups excluding carboxylic acids is 1. The first kappa shape index (κ1) is 10.4. The topological polar surface area (TPSA) is 42.9 Å². The maximum Gasteiger partial charge on any atom is 0.182 e. The van der Waals surface area contributed by atoms with Gasteiger partial charge in [0.15, 0.2) is 5.78 Å². The van der Waals surface area contributed by atoms with Crippen molar-refractivity contribution >= 4 is 5.78 Å². The molecule has 0 aliphatic rings. The van der Waals surface area contributed by atoms with E-state index >= 15 is 0 Å². The zero-order chi connectivity index (χ0) is 10.4. The van der Waals surface area contributed by atoms with E-state index in [-0.39, 0.29) is 5.78 Å². The third-order valence-corrected chi connectivity index (χ3v) is 1.72. The van der Waals surface area contributed by atoms with Crippen LogP contribution < -0.4 is 0 Å². The van der Waals surface area contributed by atoms with E-state index in [2.05, 4.69) is 21.8 Å². The molecule has 0 atom stereocenters. The lowest BCUT2D eigenvalue weighted by molar-refractivity contribution is 0.0979. The van der Waals surface area contributed by atoms with Crippen LogP contribution in [-0.4, -0.2) is 15.8 Å². The average Bonchev–Trinajstić information content (AvgIpc) is 2.18. The van der Waals surface area contributed by atoms with E-state index in [1.165, 1.54) is 0 Å². The summed E-state index contributed by atoms with van der Waals surface area (Å²) < 4.78 is 0. The van der Waals surface area contributed by atoms with Crippen LogP contribution in [0.4, 0.5) is 0 Å². The van der Waals surface area contributed by atoms with Crippen LogP contribution in [-0.2, 0) is 0 Å². The molecule has 0 bridgehead atoms. The molecule has 0 aromatic carbocycles. The Bertz CT molecular complexity index is 388. The van der Waals surface area contributed by atoms with Crippen molar-refractivity contribution in [3.05, 3.63) is 23.8 Å². The predicted octanol–water partition coefficient (Wildman–Crippen LogP) is 1.77. The Hall–Kier alpha value is -1.69. The fourth-order valence-corrected chi connectivity index (χ4v) is 1.04. The van der Waals surface area contributed by atoms with Gasteiger partial charge in [-0.2, -0.15) is 0 Å². The predicted molar refractivity (Wildman–Crippen MR) is 53.8 cm³/mol. The molecule has 0 unspecified atom stereocenters. The smallest absolute Gasteiger partial charge is 0.182 e. The second-order valence-electron chi connectivity index (χ2n) is 2.84. The quantitative estimate of drug-likeness (QED) is 0.536. The largest absolute Gasteiger partial charge is 0.292 e. The summed E-state index contributed by atoms with van der Waals surface area (Å²) in [5, 5.41) is 0. The van der Waals surface area contributed by atoms with Crippen molar-refractivity contribution in [2.45, 2.75) is 26.7 Å². The number of nitrogens with zero attached hydrogens (tertiary/aromatic N) is 2. The summed E-state index contributed by atoms with van der Waals surface area (Å²) in [6, 6.07) is 1.63. The van der Waals surface area contributed by atoms with Gasteiger partial charge in [0.05, 0.1) is 0 Å². The van der Waals surface area contributed by atoms with Crippen LogP contribution in [0.15, 0.2) is 12.3 Å². The highest BCUT2D eigenvalue weighted by molar-refractivity contribution is 5.94. The van der Waals surface area contributed by atoms with Crippen LogP contribution in [0.2, 0.25) is 0 Å². The molecule has 0 spiro atoms. The summed E-state index contributed by atoms with van der Waals surface area (Å²) >= 11 is 0. The van der Waals surface area contributed by atoms with Gasteiger partial charge >= 0.3 is 0 Å². The highest BCUT2D eigenvalue weighted by Gasteiger charge is 2.06. The first-order chi connectivity index (χ1) is 6.74. The van der Waals surface area contributed by atoms with Crippen LogP contribution in [0.1, 0.15) is 36.1 Å². The van der Waals surface area contributed by atoms with Crippen molar-refractivity contribution in [2.24, 2.45) is 0 Å². The van der Waals surface area contributed by atoms with Gasteiger partial charge in [-0.05, 0) is 19.9 Å². The Balaban J connectivity index is 2.63. The SMILES string of the molecule is CC#CCCC(=O)c1ccnc(C)n1. The minimum atomic E-state index is 0.0262. The molecule has 3 nitrogen and oxygen atoms in total. The summed E-state index contributed by atoms with van der Waals surface area (Å²) in [5.74, 6) is 6.25. The van der Waals surface area contributed by atoms with Gasteiger partial charge in [-0.3, -0.25) is 4.79 Å². The monoisotopic (exact) mass is 188 g/mol. The van der Waals surface area contributed by atoms with E-state index in [0.717, 1.165) is 0 Å². The second-order valence-corrected chi connectivity index (χ2v) is 2.84. The third kappa shape index (κ3) is 2.98. The fraction of sp³-hybridized carbons (Fsp3) is 0.364. The zero-order valence-corrected chi connectivity index (χ0v) is 8.37. The summed E-state index contributed by atoms with van der Waals surface area (Å²) in [4.78, 5) is 19.5. The number of Topliss-reactive ketones (excluding diaryl/α,β-unsaturated/α-hetero) is 1. The van der Waals surface area contributed by atoms with E-state index in [0.29, 0.717) is 24.4 Å². The van der Waals surface area contributed by atoms with E-state index in [9.17, 15) is 4.79 Å². The maximum absolute atomic E-state index is 11.5. The van der Waals surface area contributed by atoms with Crippen molar-refractivity contribution in [3.63, 3.8) is 0 Å². The standard InChI is InChI=1S/C11H12N2O/c1-3-4-5-6-11(14)10-7-8-12-9(2)13-10/h7-8H,5-6H2,1-2H3. The molecule has 0 aliphatic heterocycles. The molecule has 14 heavy (non-hydrogen) atoms. The Morgan fingerprint density at radius 1 is 1.57 bits per heavy atom. The van der Waals surface area contributed by atoms with Gasteiger partial charge in [0.2, 0.25) is 0 Å². The van der Waals surface area contributed by atoms with Gasteiger partial charge in [-0.15, -0.1) is 11.8 Å². The molecular weight excluding hydrogens is 176 g/mol. The van der Waals surface area contributed by atoms with E-state index in [4.69, 9.17) is 0 Å². The minimum Gasteiger partial charge on any atom is -0.292 e. The summed E-state index contributed by atoms with van der Waals surface area (Å²) in [5.41, 5.74) is 0.482. The Labute approximate surface area is 83.6 Å². The first-order valence-electron chi connectivity index (χ1n) is 4.46. The molecule has 1 rings (SSSR count). The molecular formula is C11H12N2O. The molecule has 0 N–H and O–H groups in total. The number of aromatic nitrogens is 2. The van der Waals surface area contributed by atoms with Crippen LogP contribution in [0.3, 0.4) is 0 Å². The van der Waals surface area contributed by atoms with Crippen LogP contribution in [0.25, 0.3) is 0 Å². The second kappa shape index (κ2) is 5.13. The van der Waals surface area contributed by atoms with Gasteiger partial charge in [0.25, 0.3) is 0 Å². The highest BCUT2D eigenvalue weighted by atomic mass is 16.1. The number of rotatable bonds is 3. The third-order valence-electron chi connectivity index (χ3n) is 1.72. The summed E-state index contributed by atoms with van der Waals surface area (Å²) in [6.45, 7) is 3.53. The Kier molecular flexibility index (Phi) is 3.81. The molecule has 1 heterocycles. The van der Waals surface area contributed by atoms with Crippen molar-refractivity contribution in [1.29, 1.82) is 0 Å². The number of hydrogen-bond acceptors (Lipinski definition) is 3. The summed E-state index contributed by atoms with van der Waals surface area (Å²) in [6.07, 6.45) is 2.62. The van der Waals surface area contributed by atoms with Crippen LogP contribution >= 0.6 is 0 Å². The van der Waals surface area contributed by atoms with Crippen molar-refractivity contribution < 1.29 is 4.79 Å². The normalized spacial score (nSPS) is 9.00. The number of hydrogen-bond donors (Lipinski definition) is 0. The van der Waals surface area contributed by atoms with Crippen molar-refractivity contribution in [1.82, 2.24) is 9.97 Å². The first-order valence-corrected chi connectivity index (χ1v) is 4.46. The Morgan fingerprint density at radius 3 is 3.00 bits per heavy atom. The van der Waals surface area contributed by atoms with Crippen LogP contribution in [0.5, 0.6) is 0 Å². The van der Waals surface area contributed by atoms with E-state index in [1.54, 1.807) is 26.1 Å². The molecule has 0 aliphatic carbocycles. The van der Waals surface area contributed by atoms with E-state index in [1.807, 2.05) is 0 Å². The van der Waals surface area contributed by atoms with Gasteiger partial charge < -0.3 is 0 Å². The molecule has 0 fully saturated rings. The molecule has 1 aromatic heterocycles. The fourth-order valence-electron chi connectivity index (χ4n) is 1.04. The summed E-state index contributed by atoms with van der Waals surface area (Å²) in [7, 11) is 0. The van der Waals surface area contributed by atoms with Crippen molar-refractivity contribution in [3.8, 4) is 11.8 Å². The number of carbonyl (C=O) groups is 1. The molecule has 0 saturated heterocycles. The number of aryl methyl sites for hydroxylation is 1. The average molecular weight is 188 g/mol. The van der Waals surface area contributed by atoms with Gasteiger partial charge in [0.1, 0.15) is 11.5 Å². The van der Waals surface area contributed by atoms with Gasteiger partial charge in [0, 0.05) is 19.0 Å². The molecule has 72 valence electrons. The molecule has 0 amide bonds. The molecule has 0 saturated carbocycles. The van der Waals surface area contributed by atoms with Gasteiger partial charge in [-0.25, -0.2) is 9.97 Å². The van der Waals surface area contributed by atoms with Gasteiger partial charge in [-0.1, -0.05) is 0 Å². The zero-order valence-electron chi connectivity index (χ0n) is 8.37.